The first-order valence-electron chi connectivity index (χ1n) is 7.62. The Bertz CT molecular complexity index is 728. The molecular formula is C17H20N2O3S. The number of rotatable bonds is 4. The second-order valence-electron chi connectivity index (χ2n) is 5.90. The molecule has 1 amide bonds. The van der Waals surface area contributed by atoms with Crippen molar-refractivity contribution in [1.29, 1.82) is 0 Å². The third-order valence-electron chi connectivity index (χ3n) is 4.39. The maximum atomic E-state index is 12.3. The number of hydrogen-bond acceptors (Lipinski definition) is 5. The standard InChI is InChI=1S/C17H20N2O3S/c1-11-14(9-23-19-11)16(20)18-10-17(21)7-3-4-12-5-6-13(22-2)8-15(12)17/h5-6,8-9,21H,3-4,7,10H2,1-2H3,(H,18,20)/t17-/m1/s1. The molecule has 0 saturated carbocycles. The lowest BCUT2D eigenvalue weighted by Crippen LogP contribution is -2.43. The smallest absolute Gasteiger partial charge is 0.254 e. The number of nitrogens with one attached hydrogen (secondary N) is 1. The molecule has 23 heavy (non-hydrogen) atoms. The van der Waals surface area contributed by atoms with Gasteiger partial charge in [0.25, 0.3) is 5.91 Å². The molecule has 5 nitrogen and oxygen atoms in total. The summed E-state index contributed by atoms with van der Waals surface area (Å²) in [5.41, 5.74) is 2.19. The highest BCUT2D eigenvalue weighted by atomic mass is 32.1. The summed E-state index contributed by atoms with van der Waals surface area (Å²) in [6.07, 6.45) is 2.45. The van der Waals surface area contributed by atoms with Gasteiger partial charge in [-0.25, -0.2) is 0 Å². The van der Waals surface area contributed by atoms with Crippen molar-refractivity contribution in [1.82, 2.24) is 9.69 Å². The van der Waals surface area contributed by atoms with Gasteiger partial charge in [-0.05, 0) is 61.0 Å². The van der Waals surface area contributed by atoms with Gasteiger partial charge in [0.1, 0.15) is 11.4 Å². The zero-order valence-corrected chi connectivity index (χ0v) is 14.1. The van der Waals surface area contributed by atoms with Crippen molar-refractivity contribution in [3.8, 4) is 5.75 Å². The van der Waals surface area contributed by atoms with Gasteiger partial charge in [-0.15, -0.1) is 0 Å². The summed E-state index contributed by atoms with van der Waals surface area (Å²) in [6, 6.07) is 5.77. The van der Waals surface area contributed by atoms with Crippen LogP contribution in [0, 0.1) is 6.92 Å². The molecule has 122 valence electrons. The molecule has 1 aliphatic rings. The zero-order valence-electron chi connectivity index (χ0n) is 13.3. The number of carbonyl (C=O) groups excluding carboxylic acids is 1. The first-order chi connectivity index (χ1) is 11.0. The van der Waals surface area contributed by atoms with Crippen LogP contribution in [0.4, 0.5) is 0 Å². The molecule has 0 saturated heterocycles. The van der Waals surface area contributed by atoms with Gasteiger partial charge in [-0.2, -0.15) is 4.37 Å². The van der Waals surface area contributed by atoms with Gasteiger partial charge in [0, 0.05) is 5.38 Å². The van der Waals surface area contributed by atoms with Crippen LogP contribution in [0.15, 0.2) is 23.6 Å². The van der Waals surface area contributed by atoms with Gasteiger partial charge in [0.2, 0.25) is 0 Å². The number of aryl methyl sites for hydroxylation is 2. The number of hydrogen-bond donors (Lipinski definition) is 2. The molecule has 1 atom stereocenters. The molecule has 0 radical (unpaired) electrons. The van der Waals surface area contributed by atoms with Crippen LogP contribution in [-0.4, -0.2) is 29.0 Å². The predicted molar refractivity (Wildman–Crippen MR) is 89.0 cm³/mol. The van der Waals surface area contributed by atoms with Crippen LogP contribution in [0.2, 0.25) is 0 Å². The van der Waals surface area contributed by atoms with E-state index in [0.717, 1.165) is 24.0 Å². The number of aromatic nitrogens is 1. The number of ether oxygens (including phenoxy) is 1. The Morgan fingerprint density at radius 2 is 2.35 bits per heavy atom. The van der Waals surface area contributed by atoms with Crippen LogP contribution in [0.25, 0.3) is 0 Å². The van der Waals surface area contributed by atoms with Crippen LogP contribution in [-0.2, 0) is 12.0 Å². The van der Waals surface area contributed by atoms with E-state index in [-0.39, 0.29) is 12.5 Å². The number of amides is 1. The molecule has 0 bridgehead atoms. The van der Waals surface area contributed by atoms with Gasteiger partial charge >= 0.3 is 0 Å². The van der Waals surface area contributed by atoms with E-state index in [4.69, 9.17) is 4.74 Å². The van der Waals surface area contributed by atoms with Gasteiger partial charge in [-0.3, -0.25) is 4.79 Å². The average Bonchev–Trinajstić information content (AvgIpc) is 2.99. The summed E-state index contributed by atoms with van der Waals surface area (Å²) in [5, 5.41) is 15.7. The summed E-state index contributed by atoms with van der Waals surface area (Å²) in [4.78, 5) is 12.3. The van der Waals surface area contributed by atoms with Crippen LogP contribution in [0.5, 0.6) is 5.75 Å². The van der Waals surface area contributed by atoms with E-state index in [9.17, 15) is 9.90 Å². The van der Waals surface area contributed by atoms with E-state index < -0.39 is 5.60 Å². The molecular weight excluding hydrogens is 312 g/mol. The van der Waals surface area contributed by atoms with Crippen molar-refractivity contribution < 1.29 is 14.6 Å². The molecule has 6 heteroatoms. The molecule has 0 aliphatic heterocycles. The number of methoxy groups -OCH3 is 1. The molecule has 2 N–H and O–H groups in total. The van der Waals surface area contributed by atoms with Crippen LogP contribution in [0.1, 0.15) is 40.0 Å². The summed E-state index contributed by atoms with van der Waals surface area (Å²) < 4.78 is 9.38. The third kappa shape index (κ3) is 3.09. The number of nitrogens with zero attached hydrogens (tertiary/aromatic N) is 1. The minimum Gasteiger partial charge on any atom is -0.497 e. The minimum absolute atomic E-state index is 0.182. The maximum Gasteiger partial charge on any atom is 0.254 e. The molecule has 2 aromatic rings. The summed E-state index contributed by atoms with van der Waals surface area (Å²) >= 11 is 1.26. The Morgan fingerprint density at radius 3 is 3.04 bits per heavy atom. The van der Waals surface area contributed by atoms with Crippen molar-refractivity contribution in [2.45, 2.75) is 31.8 Å². The molecule has 1 aromatic heterocycles. The molecule has 0 fully saturated rings. The SMILES string of the molecule is COc1ccc2c(c1)[C@](O)(CNC(=O)c1csnc1C)CCC2. The fourth-order valence-corrected chi connectivity index (χ4v) is 3.75. The molecule has 0 spiro atoms. The third-order valence-corrected chi connectivity index (χ3v) is 5.11. The molecule has 1 heterocycles. The summed E-state index contributed by atoms with van der Waals surface area (Å²) in [7, 11) is 1.61. The topological polar surface area (TPSA) is 71.5 Å². The largest absolute Gasteiger partial charge is 0.497 e. The van der Waals surface area contributed by atoms with Gasteiger partial charge < -0.3 is 15.2 Å². The first kappa shape index (κ1) is 16.0. The highest BCUT2D eigenvalue weighted by Gasteiger charge is 2.35. The van der Waals surface area contributed by atoms with E-state index in [1.807, 2.05) is 18.2 Å². The molecule has 0 unspecified atom stereocenters. The average molecular weight is 332 g/mol. The molecule has 3 rings (SSSR count). The van der Waals surface area contributed by atoms with Gasteiger partial charge in [-0.1, -0.05) is 6.07 Å². The highest BCUT2D eigenvalue weighted by molar-refractivity contribution is 7.03. The Kier molecular flexibility index (Phi) is 4.37. The van der Waals surface area contributed by atoms with E-state index in [1.54, 1.807) is 19.4 Å². The first-order valence-corrected chi connectivity index (χ1v) is 8.46. The Hall–Kier alpha value is -1.92. The lowest BCUT2D eigenvalue weighted by molar-refractivity contribution is 0.0187. The van der Waals surface area contributed by atoms with Crippen LogP contribution < -0.4 is 10.1 Å². The van der Waals surface area contributed by atoms with E-state index >= 15 is 0 Å². The fourth-order valence-electron chi connectivity index (χ4n) is 3.06. The van der Waals surface area contributed by atoms with E-state index in [0.29, 0.717) is 23.4 Å². The normalized spacial score (nSPS) is 20.0. The van der Waals surface area contributed by atoms with Crippen LogP contribution >= 0.6 is 11.5 Å². The summed E-state index contributed by atoms with van der Waals surface area (Å²) in [5.74, 6) is 0.521. The van der Waals surface area contributed by atoms with Crippen molar-refractivity contribution in [2.75, 3.05) is 13.7 Å². The molecule has 1 aromatic carbocycles. The van der Waals surface area contributed by atoms with E-state index in [1.165, 1.54) is 11.5 Å². The Balaban J connectivity index is 1.80. The van der Waals surface area contributed by atoms with Crippen molar-refractivity contribution in [2.24, 2.45) is 0 Å². The lowest BCUT2D eigenvalue weighted by Gasteiger charge is -2.35. The minimum atomic E-state index is -1.06. The maximum absolute atomic E-state index is 12.3. The van der Waals surface area contributed by atoms with E-state index in [2.05, 4.69) is 9.69 Å². The van der Waals surface area contributed by atoms with Crippen molar-refractivity contribution >= 4 is 17.4 Å². The zero-order chi connectivity index (χ0) is 16.4. The quantitative estimate of drug-likeness (QED) is 0.902. The van der Waals surface area contributed by atoms with Gasteiger partial charge in [0.05, 0.1) is 24.9 Å². The molecule has 1 aliphatic carbocycles. The van der Waals surface area contributed by atoms with Crippen molar-refractivity contribution in [3.63, 3.8) is 0 Å². The number of fused-ring (bicyclic) bond motifs is 1. The number of aliphatic hydroxyl groups is 1. The highest BCUT2D eigenvalue weighted by Crippen LogP contribution is 2.37. The number of carbonyl (C=O) groups is 1. The second-order valence-corrected chi connectivity index (χ2v) is 6.53. The predicted octanol–water partition coefficient (Wildman–Crippen LogP) is 2.41. The van der Waals surface area contributed by atoms with Crippen molar-refractivity contribution in [3.05, 3.63) is 46.0 Å². The number of benzene rings is 1. The second kappa shape index (κ2) is 6.29. The Labute approximate surface area is 139 Å². The van der Waals surface area contributed by atoms with Gasteiger partial charge in [0.15, 0.2) is 0 Å². The lowest BCUT2D eigenvalue weighted by atomic mass is 9.79. The van der Waals surface area contributed by atoms with Crippen LogP contribution in [0.3, 0.4) is 0 Å². The monoisotopic (exact) mass is 332 g/mol. The summed E-state index contributed by atoms with van der Waals surface area (Å²) in [6.45, 7) is 1.99. The fraction of sp³-hybridized carbons (Fsp3) is 0.412. The Morgan fingerprint density at radius 1 is 1.52 bits per heavy atom.